The number of halogens is 1. The van der Waals surface area contributed by atoms with E-state index in [1.54, 1.807) is 6.07 Å². The molecule has 1 heterocycles. The summed E-state index contributed by atoms with van der Waals surface area (Å²) in [5, 5.41) is 0. The number of aromatic amines is 1. The minimum Gasteiger partial charge on any atom is -0.340 e. The average molecular weight is 219 g/mol. The molecule has 3 N–H and O–H groups in total. The van der Waals surface area contributed by atoms with Gasteiger partial charge in [-0.05, 0) is 31.0 Å². The number of hydrogen-bond donors (Lipinski definition) is 2. The number of hydrogen-bond acceptors (Lipinski definition) is 2. The molecule has 16 heavy (non-hydrogen) atoms. The van der Waals surface area contributed by atoms with Crippen molar-refractivity contribution in [1.29, 1.82) is 0 Å². The molecule has 0 aliphatic heterocycles. The lowest BCUT2D eigenvalue weighted by atomic mass is 9.99. The van der Waals surface area contributed by atoms with Crippen LogP contribution in [0.4, 0.5) is 4.39 Å². The van der Waals surface area contributed by atoms with E-state index < -0.39 is 0 Å². The summed E-state index contributed by atoms with van der Waals surface area (Å²) in [5.74, 6) is 0.547. The SMILES string of the molecule is NC1(c2nc3ccc(F)cc3[nH]2)CCCC1. The predicted molar refractivity (Wildman–Crippen MR) is 60.4 cm³/mol. The molecule has 1 fully saturated rings. The van der Waals surface area contributed by atoms with Gasteiger partial charge in [0, 0.05) is 0 Å². The van der Waals surface area contributed by atoms with Gasteiger partial charge in [0.2, 0.25) is 0 Å². The first kappa shape index (κ1) is 9.78. The summed E-state index contributed by atoms with van der Waals surface area (Å²) in [4.78, 5) is 7.60. The zero-order valence-electron chi connectivity index (χ0n) is 8.96. The second kappa shape index (κ2) is 3.28. The van der Waals surface area contributed by atoms with Crippen molar-refractivity contribution in [2.45, 2.75) is 31.2 Å². The van der Waals surface area contributed by atoms with Gasteiger partial charge in [-0.25, -0.2) is 9.37 Å². The van der Waals surface area contributed by atoms with Crippen molar-refractivity contribution in [2.24, 2.45) is 5.73 Å². The van der Waals surface area contributed by atoms with Gasteiger partial charge in [-0.1, -0.05) is 12.8 Å². The van der Waals surface area contributed by atoms with E-state index in [2.05, 4.69) is 9.97 Å². The van der Waals surface area contributed by atoms with Gasteiger partial charge in [0.25, 0.3) is 0 Å². The van der Waals surface area contributed by atoms with Crippen molar-refractivity contribution in [1.82, 2.24) is 9.97 Å². The summed E-state index contributed by atoms with van der Waals surface area (Å²) >= 11 is 0. The molecule has 1 aliphatic carbocycles. The molecular weight excluding hydrogens is 205 g/mol. The van der Waals surface area contributed by atoms with Gasteiger partial charge in [0.1, 0.15) is 11.6 Å². The fraction of sp³-hybridized carbons (Fsp3) is 0.417. The van der Waals surface area contributed by atoms with Crippen molar-refractivity contribution >= 4 is 11.0 Å². The summed E-state index contributed by atoms with van der Waals surface area (Å²) in [6.07, 6.45) is 4.19. The second-order valence-corrected chi connectivity index (χ2v) is 4.61. The van der Waals surface area contributed by atoms with Crippen LogP contribution in [-0.4, -0.2) is 9.97 Å². The molecule has 84 valence electrons. The number of H-pyrrole nitrogens is 1. The van der Waals surface area contributed by atoms with E-state index in [1.807, 2.05) is 0 Å². The Morgan fingerprint density at radius 2 is 2.06 bits per heavy atom. The third kappa shape index (κ3) is 1.41. The Bertz CT molecular complexity index is 526. The molecule has 3 nitrogen and oxygen atoms in total. The summed E-state index contributed by atoms with van der Waals surface area (Å²) < 4.78 is 13.0. The standard InChI is InChI=1S/C12H14FN3/c13-8-3-4-9-10(7-8)16-11(15-9)12(14)5-1-2-6-12/h3-4,7H,1-2,5-6,14H2,(H,15,16). The number of imidazole rings is 1. The van der Waals surface area contributed by atoms with Gasteiger partial charge < -0.3 is 10.7 Å². The van der Waals surface area contributed by atoms with Gasteiger partial charge in [-0.2, -0.15) is 0 Å². The number of benzene rings is 1. The van der Waals surface area contributed by atoms with Crippen molar-refractivity contribution < 1.29 is 4.39 Å². The van der Waals surface area contributed by atoms with Crippen LogP contribution in [0.25, 0.3) is 11.0 Å². The van der Waals surface area contributed by atoms with Gasteiger partial charge in [0.15, 0.2) is 0 Å². The maximum Gasteiger partial charge on any atom is 0.127 e. The van der Waals surface area contributed by atoms with Crippen LogP contribution in [-0.2, 0) is 5.54 Å². The summed E-state index contributed by atoms with van der Waals surface area (Å²) in [7, 11) is 0. The number of rotatable bonds is 1. The van der Waals surface area contributed by atoms with Crippen LogP contribution in [0.5, 0.6) is 0 Å². The Morgan fingerprint density at radius 3 is 2.81 bits per heavy atom. The van der Waals surface area contributed by atoms with Gasteiger partial charge in [0.05, 0.1) is 16.6 Å². The minimum absolute atomic E-state index is 0.250. The molecule has 1 aromatic carbocycles. The first-order chi connectivity index (χ1) is 7.67. The smallest absolute Gasteiger partial charge is 0.127 e. The molecule has 0 radical (unpaired) electrons. The molecule has 0 amide bonds. The Balaban J connectivity index is 2.11. The van der Waals surface area contributed by atoms with Crippen molar-refractivity contribution in [3.05, 3.63) is 29.8 Å². The Morgan fingerprint density at radius 1 is 1.31 bits per heavy atom. The Kier molecular flexibility index (Phi) is 2.01. The third-order valence-corrected chi connectivity index (χ3v) is 3.41. The van der Waals surface area contributed by atoms with Crippen LogP contribution in [0.1, 0.15) is 31.5 Å². The lowest BCUT2D eigenvalue weighted by Gasteiger charge is -2.19. The zero-order valence-corrected chi connectivity index (χ0v) is 8.96. The molecule has 1 aliphatic rings. The largest absolute Gasteiger partial charge is 0.340 e. The summed E-state index contributed by atoms with van der Waals surface area (Å²) in [6, 6.07) is 4.57. The van der Waals surface area contributed by atoms with Crippen molar-refractivity contribution in [3.8, 4) is 0 Å². The number of nitrogens with zero attached hydrogens (tertiary/aromatic N) is 1. The highest BCUT2D eigenvalue weighted by molar-refractivity contribution is 5.75. The summed E-state index contributed by atoms with van der Waals surface area (Å²) in [5.41, 5.74) is 7.47. The van der Waals surface area contributed by atoms with E-state index in [4.69, 9.17) is 5.73 Å². The topological polar surface area (TPSA) is 54.7 Å². The highest BCUT2D eigenvalue weighted by Crippen LogP contribution is 2.35. The van der Waals surface area contributed by atoms with Crippen LogP contribution in [0.2, 0.25) is 0 Å². The normalized spacial score (nSPS) is 19.4. The highest BCUT2D eigenvalue weighted by Gasteiger charge is 2.34. The summed E-state index contributed by atoms with van der Waals surface area (Å²) in [6.45, 7) is 0. The molecule has 0 spiro atoms. The highest BCUT2D eigenvalue weighted by atomic mass is 19.1. The first-order valence-electron chi connectivity index (χ1n) is 5.62. The minimum atomic E-state index is -0.338. The van der Waals surface area contributed by atoms with E-state index in [0.717, 1.165) is 42.5 Å². The van der Waals surface area contributed by atoms with E-state index in [1.165, 1.54) is 12.1 Å². The van der Waals surface area contributed by atoms with Gasteiger partial charge >= 0.3 is 0 Å². The number of fused-ring (bicyclic) bond motifs is 1. The van der Waals surface area contributed by atoms with E-state index >= 15 is 0 Å². The molecule has 0 unspecified atom stereocenters. The molecule has 0 atom stereocenters. The predicted octanol–water partition coefficient (Wildman–Crippen LogP) is 2.43. The maximum absolute atomic E-state index is 13.0. The quantitative estimate of drug-likeness (QED) is 0.774. The molecule has 3 rings (SSSR count). The second-order valence-electron chi connectivity index (χ2n) is 4.61. The maximum atomic E-state index is 13.0. The average Bonchev–Trinajstić information content (AvgIpc) is 2.84. The first-order valence-corrected chi connectivity index (χ1v) is 5.62. The molecular formula is C12H14FN3. The van der Waals surface area contributed by atoms with Gasteiger partial charge in [-0.15, -0.1) is 0 Å². The van der Waals surface area contributed by atoms with Crippen LogP contribution in [0.15, 0.2) is 18.2 Å². The molecule has 1 aromatic heterocycles. The lowest BCUT2D eigenvalue weighted by molar-refractivity contribution is 0.437. The van der Waals surface area contributed by atoms with Crippen LogP contribution < -0.4 is 5.73 Å². The van der Waals surface area contributed by atoms with Crippen LogP contribution in [0, 0.1) is 5.82 Å². The number of nitrogens with two attached hydrogens (primary N) is 1. The Labute approximate surface area is 92.9 Å². The zero-order chi connectivity index (χ0) is 11.2. The number of nitrogens with one attached hydrogen (secondary N) is 1. The molecule has 4 heteroatoms. The van der Waals surface area contributed by atoms with Crippen molar-refractivity contribution in [2.75, 3.05) is 0 Å². The van der Waals surface area contributed by atoms with E-state index in [-0.39, 0.29) is 11.4 Å². The third-order valence-electron chi connectivity index (χ3n) is 3.41. The molecule has 0 bridgehead atoms. The fourth-order valence-electron chi connectivity index (χ4n) is 2.46. The Hall–Kier alpha value is -1.42. The molecule has 0 saturated heterocycles. The monoisotopic (exact) mass is 219 g/mol. The lowest BCUT2D eigenvalue weighted by Crippen LogP contribution is -2.34. The molecule has 1 saturated carbocycles. The van der Waals surface area contributed by atoms with E-state index in [0.29, 0.717) is 0 Å². The van der Waals surface area contributed by atoms with Crippen molar-refractivity contribution in [3.63, 3.8) is 0 Å². The number of aromatic nitrogens is 2. The molecule has 2 aromatic rings. The van der Waals surface area contributed by atoms with Gasteiger partial charge in [-0.3, -0.25) is 0 Å². The fourth-order valence-corrected chi connectivity index (χ4v) is 2.46. The van der Waals surface area contributed by atoms with Crippen LogP contribution in [0.3, 0.4) is 0 Å². The van der Waals surface area contributed by atoms with E-state index in [9.17, 15) is 4.39 Å². The van der Waals surface area contributed by atoms with Crippen LogP contribution >= 0.6 is 0 Å².